The zero-order chi connectivity index (χ0) is 11.4. The van der Waals surface area contributed by atoms with Gasteiger partial charge in [-0.1, -0.05) is 23.7 Å². The lowest BCUT2D eigenvalue weighted by atomic mass is 10.2. The summed E-state index contributed by atoms with van der Waals surface area (Å²) in [5, 5.41) is 11.9. The van der Waals surface area contributed by atoms with E-state index in [1.165, 1.54) is 11.0 Å². The van der Waals surface area contributed by atoms with Gasteiger partial charge >= 0.3 is 0 Å². The molecule has 3 N–H and O–H groups in total. The lowest BCUT2D eigenvalue weighted by Crippen LogP contribution is -2.10. The maximum atomic E-state index is 5.75. The summed E-state index contributed by atoms with van der Waals surface area (Å²) in [4.78, 5) is 0. The molecule has 1 aromatic carbocycles. The number of rotatable bonds is 3. The molecule has 0 fully saturated rings. The number of nitrogens with one attached hydrogen (secondary N) is 1. The zero-order valence-electron chi connectivity index (χ0n) is 8.21. The predicted octanol–water partition coefficient (Wildman–Crippen LogP) is 1.09. The van der Waals surface area contributed by atoms with Crippen molar-refractivity contribution in [3.63, 3.8) is 0 Å². The van der Waals surface area contributed by atoms with Gasteiger partial charge in [-0.2, -0.15) is 5.10 Å². The molecule has 6 nitrogen and oxygen atoms in total. The first kappa shape index (κ1) is 10.4. The average molecular weight is 237 g/mol. The molecule has 0 radical (unpaired) electrons. The minimum absolute atomic E-state index is 0.366. The van der Waals surface area contributed by atoms with Crippen molar-refractivity contribution in [2.45, 2.75) is 0 Å². The number of aromatic nitrogens is 3. The Bertz CT molecular complexity index is 489. The van der Waals surface area contributed by atoms with E-state index in [0.717, 1.165) is 5.56 Å². The van der Waals surface area contributed by atoms with Crippen molar-refractivity contribution in [2.75, 3.05) is 11.3 Å². The summed E-state index contributed by atoms with van der Waals surface area (Å²) in [6.45, 7) is 0. The molecule has 0 unspecified atom stereocenters. The van der Waals surface area contributed by atoms with Crippen LogP contribution in [0.5, 0.6) is 0 Å². The van der Waals surface area contributed by atoms with E-state index >= 15 is 0 Å². The van der Waals surface area contributed by atoms with Crippen molar-refractivity contribution in [3.8, 4) is 0 Å². The molecule has 0 aliphatic carbocycles. The van der Waals surface area contributed by atoms with Crippen molar-refractivity contribution in [1.82, 2.24) is 14.9 Å². The first-order valence-corrected chi connectivity index (χ1v) is 4.83. The van der Waals surface area contributed by atoms with Gasteiger partial charge in [-0.15, -0.1) is 10.2 Å². The molecule has 16 heavy (non-hydrogen) atoms. The minimum Gasteiger partial charge on any atom is -0.335 e. The van der Waals surface area contributed by atoms with Crippen LogP contribution in [0.4, 0.5) is 5.95 Å². The van der Waals surface area contributed by atoms with Crippen LogP contribution in [0.2, 0.25) is 5.02 Å². The third-order valence-electron chi connectivity index (χ3n) is 1.82. The molecule has 2 aromatic rings. The van der Waals surface area contributed by atoms with Gasteiger partial charge in [-0.3, -0.25) is 0 Å². The van der Waals surface area contributed by atoms with E-state index < -0.39 is 0 Å². The largest absolute Gasteiger partial charge is 0.335 e. The molecule has 0 spiro atoms. The van der Waals surface area contributed by atoms with Crippen LogP contribution < -0.4 is 11.3 Å². The van der Waals surface area contributed by atoms with Gasteiger partial charge in [0.05, 0.1) is 6.21 Å². The van der Waals surface area contributed by atoms with Gasteiger partial charge in [0.15, 0.2) is 0 Å². The normalized spacial score (nSPS) is 10.8. The maximum Gasteiger partial charge on any atom is 0.263 e. The smallest absolute Gasteiger partial charge is 0.263 e. The molecule has 0 saturated heterocycles. The number of nitrogens with two attached hydrogens (primary N) is 1. The summed E-state index contributed by atoms with van der Waals surface area (Å²) in [7, 11) is 0. The first-order chi connectivity index (χ1) is 7.75. The number of anilines is 1. The number of benzene rings is 1. The van der Waals surface area contributed by atoms with E-state index in [1.54, 1.807) is 18.3 Å². The molecule has 0 bridgehead atoms. The number of hydrazone groups is 1. The lowest BCUT2D eigenvalue weighted by molar-refractivity contribution is 0.988. The highest BCUT2D eigenvalue weighted by Gasteiger charge is 1.96. The van der Waals surface area contributed by atoms with Crippen LogP contribution in [0.1, 0.15) is 5.56 Å². The molecule has 0 amide bonds. The molecule has 0 saturated carbocycles. The highest BCUT2D eigenvalue weighted by atomic mass is 35.5. The van der Waals surface area contributed by atoms with E-state index in [4.69, 9.17) is 17.4 Å². The number of nitrogens with zero attached hydrogens (tertiary/aromatic N) is 4. The third-order valence-corrected chi connectivity index (χ3v) is 2.07. The zero-order valence-corrected chi connectivity index (χ0v) is 8.96. The highest BCUT2D eigenvalue weighted by Crippen LogP contribution is 2.07. The van der Waals surface area contributed by atoms with E-state index in [0.29, 0.717) is 11.0 Å². The second kappa shape index (κ2) is 4.63. The standard InChI is InChI=1S/C9H9ClN6/c10-8-3-1-7(2-4-8)5-12-14-9-15-13-6-16(9)11/h1-6H,11H2,(H,14,15). The Morgan fingerprint density at radius 3 is 2.75 bits per heavy atom. The fourth-order valence-corrected chi connectivity index (χ4v) is 1.16. The van der Waals surface area contributed by atoms with E-state index in [1.807, 2.05) is 12.1 Å². The van der Waals surface area contributed by atoms with Gasteiger partial charge in [0, 0.05) is 5.02 Å². The van der Waals surface area contributed by atoms with Gasteiger partial charge < -0.3 is 5.84 Å². The molecule has 82 valence electrons. The molecule has 2 rings (SSSR count). The van der Waals surface area contributed by atoms with Crippen LogP contribution in [-0.2, 0) is 0 Å². The number of hydrogen-bond donors (Lipinski definition) is 2. The number of hydrogen-bond acceptors (Lipinski definition) is 5. The van der Waals surface area contributed by atoms with E-state index in [-0.39, 0.29) is 0 Å². The van der Waals surface area contributed by atoms with Crippen molar-refractivity contribution < 1.29 is 0 Å². The monoisotopic (exact) mass is 236 g/mol. The van der Waals surface area contributed by atoms with Crippen LogP contribution in [0.25, 0.3) is 0 Å². The Labute approximate surface area is 96.7 Å². The summed E-state index contributed by atoms with van der Waals surface area (Å²) >= 11 is 5.75. The fourth-order valence-electron chi connectivity index (χ4n) is 1.04. The van der Waals surface area contributed by atoms with Crippen LogP contribution >= 0.6 is 11.6 Å². The number of nitrogen functional groups attached to an aromatic ring is 1. The summed E-state index contributed by atoms with van der Waals surface area (Å²) in [6, 6.07) is 7.27. The van der Waals surface area contributed by atoms with Gasteiger partial charge in [-0.25, -0.2) is 10.1 Å². The van der Waals surface area contributed by atoms with Crippen LogP contribution in [0.3, 0.4) is 0 Å². The van der Waals surface area contributed by atoms with Gasteiger partial charge in [0.2, 0.25) is 0 Å². The molecule has 0 atom stereocenters. The van der Waals surface area contributed by atoms with Gasteiger partial charge in [0.1, 0.15) is 6.33 Å². The highest BCUT2D eigenvalue weighted by molar-refractivity contribution is 6.30. The van der Waals surface area contributed by atoms with Crippen molar-refractivity contribution in [3.05, 3.63) is 41.2 Å². The summed E-state index contributed by atoms with van der Waals surface area (Å²) in [6.07, 6.45) is 3.01. The van der Waals surface area contributed by atoms with Crippen LogP contribution in [0.15, 0.2) is 35.7 Å². The Balaban J connectivity index is 2.00. The third kappa shape index (κ3) is 2.48. The summed E-state index contributed by atoms with van der Waals surface area (Å²) < 4.78 is 1.24. The molecule has 7 heteroatoms. The van der Waals surface area contributed by atoms with Gasteiger partial charge in [-0.05, 0) is 17.7 Å². The second-order valence-corrected chi connectivity index (χ2v) is 3.42. The molecular formula is C9H9ClN6. The second-order valence-electron chi connectivity index (χ2n) is 2.98. The summed E-state index contributed by atoms with van der Waals surface area (Å²) in [5.41, 5.74) is 3.57. The Morgan fingerprint density at radius 1 is 1.38 bits per heavy atom. The van der Waals surface area contributed by atoms with Crippen molar-refractivity contribution >= 4 is 23.8 Å². The predicted molar refractivity (Wildman–Crippen MR) is 62.8 cm³/mol. The summed E-state index contributed by atoms with van der Waals surface area (Å²) in [5.74, 6) is 5.84. The number of halogens is 1. The maximum absolute atomic E-state index is 5.75. The molecular weight excluding hydrogens is 228 g/mol. The molecule has 0 aliphatic heterocycles. The van der Waals surface area contributed by atoms with E-state index in [2.05, 4.69) is 20.7 Å². The molecule has 0 aliphatic rings. The van der Waals surface area contributed by atoms with Crippen molar-refractivity contribution in [2.24, 2.45) is 5.10 Å². The van der Waals surface area contributed by atoms with E-state index in [9.17, 15) is 0 Å². The quantitative estimate of drug-likeness (QED) is 0.475. The SMILES string of the molecule is Nn1cnnc1NN=Cc1ccc(Cl)cc1. The first-order valence-electron chi connectivity index (χ1n) is 4.45. The van der Waals surface area contributed by atoms with Crippen LogP contribution in [-0.4, -0.2) is 21.1 Å². The molecule has 1 heterocycles. The van der Waals surface area contributed by atoms with Crippen molar-refractivity contribution in [1.29, 1.82) is 0 Å². The Hall–Kier alpha value is -2.08. The Morgan fingerprint density at radius 2 is 2.12 bits per heavy atom. The average Bonchev–Trinajstić information content (AvgIpc) is 2.68. The topological polar surface area (TPSA) is 81.1 Å². The minimum atomic E-state index is 0.366. The molecule has 1 aromatic heterocycles. The van der Waals surface area contributed by atoms with Gasteiger partial charge in [0.25, 0.3) is 5.95 Å². The lowest BCUT2D eigenvalue weighted by Gasteiger charge is -1.97. The van der Waals surface area contributed by atoms with Crippen LogP contribution in [0, 0.1) is 0 Å². The fraction of sp³-hybridized carbons (Fsp3) is 0. The Kier molecular flexibility index (Phi) is 3.02.